The third-order valence-electron chi connectivity index (χ3n) is 2.89. The molecule has 0 amide bonds. The smallest absolute Gasteiger partial charge is 0.238 e. The summed E-state index contributed by atoms with van der Waals surface area (Å²) in [6, 6.07) is 10.3. The zero-order chi connectivity index (χ0) is 15.3. The molecule has 0 spiro atoms. The van der Waals surface area contributed by atoms with Crippen LogP contribution in [0.2, 0.25) is 0 Å². The molecule has 21 heavy (non-hydrogen) atoms. The lowest BCUT2D eigenvalue weighted by molar-refractivity contribution is 0.600. The number of aryl methyl sites for hydroxylation is 1. The van der Waals surface area contributed by atoms with Gasteiger partial charge >= 0.3 is 0 Å². The Hall–Kier alpha value is -2.33. The fourth-order valence-corrected chi connectivity index (χ4v) is 3.12. The lowest BCUT2D eigenvalue weighted by atomic mass is 10.1. The molecule has 0 radical (unpaired) electrons. The molecule has 0 saturated heterocycles. The van der Waals surface area contributed by atoms with E-state index in [-0.39, 0.29) is 11.6 Å². The number of hydrogen-bond acceptors (Lipinski definition) is 4. The van der Waals surface area contributed by atoms with Gasteiger partial charge in [-0.05, 0) is 18.1 Å². The van der Waals surface area contributed by atoms with Crippen LogP contribution in [-0.2, 0) is 22.2 Å². The SMILES string of the molecule is CCCc1cc(NS(=O)(=O)Cc2ccccc2C#N)n[nH]1. The van der Waals surface area contributed by atoms with Crippen LogP contribution in [0.3, 0.4) is 0 Å². The van der Waals surface area contributed by atoms with Crippen LogP contribution in [0.5, 0.6) is 0 Å². The van der Waals surface area contributed by atoms with E-state index < -0.39 is 10.0 Å². The van der Waals surface area contributed by atoms with Gasteiger partial charge < -0.3 is 0 Å². The fourth-order valence-electron chi connectivity index (χ4n) is 1.97. The topological polar surface area (TPSA) is 98.6 Å². The van der Waals surface area contributed by atoms with Crippen molar-refractivity contribution in [3.05, 3.63) is 47.2 Å². The molecule has 0 atom stereocenters. The second kappa shape index (κ2) is 6.41. The maximum Gasteiger partial charge on any atom is 0.238 e. The first-order valence-corrected chi connectivity index (χ1v) is 8.22. The minimum Gasteiger partial charge on any atom is -0.280 e. The van der Waals surface area contributed by atoms with E-state index >= 15 is 0 Å². The van der Waals surface area contributed by atoms with Gasteiger partial charge in [0.2, 0.25) is 10.0 Å². The Balaban J connectivity index is 2.13. The molecule has 2 aromatic rings. The molecule has 7 heteroatoms. The van der Waals surface area contributed by atoms with Gasteiger partial charge in [0.15, 0.2) is 5.82 Å². The van der Waals surface area contributed by atoms with Crippen molar-refractivity contribution >= 4 is 15.8 Å². The first kappa shape index (κ1) is 15.1. The maximum atomic E-state index is 12.1. The first-order chi connectivity index (χ1) is 10.0. The van der Waals surface area contributed by atoms with Crippen LogP contribution in [0.1, 0.15) is 30.2 Å². The van der Waals surface area contributed by atoms with E-state index in [9.17, 15) is 8.42 Å². The van der Waals surface area contributed by atoms with Gasteiger partial charge in [0, 0.05) is 11.8 Å². The Kier molecular flexibility index (Phi) is 4.60. The van der Waals surface area contributed by atoms with E-state index in [2.05, 4.69) is 14.9 Å². The van der Waals surface area contributed by atoms with E-state index in [1.54, 1.807) is 30.3 Å². The maximum absolute atomic E-state index is 12.1. The Labute approximate surface area is 123 Å². The highest BCUT2D eigenvalue weighted by Gasteiger charge is 2.15. The molecule has 2 rings (SSSR count). The van der Waals surface area contributed by atoms with E-state index in [1.165, 1.54) is 0 Å². The third-order valence-corrected chi connectivity index (χ3v) is 4.10. The lowest BCUT2D eigenvalue weighted by Crippen LogP contribution is -2.16. The number of nitrogens with zero attached hydrogens (tertiary/aromatic N) is 2. The Morgan fingerprint density at radius 3 is 2.86 bits per heavy atom. The van der Waals surface area contributed by atoms with Crippen LogP contribution in [0, 0.1) is 11.3 Å². The summed E-state index contributed by atoms with van der Waals surface area (Å²) in [6.07, 6.45) is 1.76. The van der Waals surface area contributed by atoms with Gasteiger partial charge in [-0.2, -0.15) is 10.4 Å². The number of benzene rings is 1. The van der Waals surface area contributed by atoms with Crippen molar-refractivity contribution in [2.45, 2.75) is 25.5 Å². The summed E-state index contributed by atoms with van der Waals surface area (Å²) in [7, 11) is -3.61. The summed E-state index contributed by atoms with van der Waals surface area (Å²) in [5.41, 5.74) is 1.71. The van der Waals surface area contributed by atoms with E-state index in [4.69, 9.17) is 5.26 Å². The number of H-pyrrole nitrogens is 1. The highest BCUT2D eigenvalue weighted by molar-refractivity contribution is 7.91. The number of hydrogen-bond donors (Lipinski definition) is 2. The molecule has 1 aromatic carbocycles. The summed E-state index contributed by atoms with van der Waals surface area (Å²) in [5, 5.41) is 15.7. The second-order valence-corrected chi connectivity index (χ2v) is 6.38. The molecule has 0 aliphatic rings. The quantitative estimate of drug-likeness (QED) is 0.854. The highest BCUT2D eigenvalue weighted by Crippen LogP contribution is 2.15. The molecule has 0 saturated carbocycles. The normalized spacial score (nSPS) is 11.0. The Morgan fingerprint density at radius 2 is 2.14 bits per heavy atom. The number of nitrogens with one attached hydrogen (secondary N) is 2. The molecule has 0 fully saturated rings. The van der Waals surface area contributed by atoms with Gasteiger partial charge in [0.25, 0.3) is 0 Å². The van der Waals surface area contributed by atoms with Gasteiger partial charge in [-0.1, -0.05) is 31.5 Å². The van der Waals surface area contributed by atoms with Crippen LogP contribution in [0.4, 0.5) is 5.82 Å². The van der Waals surface area contributed by atoms with Crippen LogP contribution >= 0.6 is 0 Å². The van der Waals surface area contributed by atoms with Crippen molar-refractivity contribution in [3.8, 4) is 6.07 Å². The molecule has 0 bridgehead atoms. The van der Waals surface area contributed by atoms with Crippen molar-refractivity contribution in [1.29, 1.82) is 5.26 Å². The highest BCUT2D eigenvalue weighted by atomic mass is 32.2. The summed E-state index contributed by atoms with van der Waals surface area (Å²) < 4.78 is 26.7. The van der Waals surface area contributed by atoms with Gasteiger partial charge in [-0.25, -0.2) is 8.42 Å². The van der Waals surface area contributed by atoms with E-state index in [0.717, 1.165) is 18.5 Å². The van der Waals surface area contributed by atoms with Gasteiger partial charge in [-0.3, -0.25) is 9.82 Å². The first-order valence-electron chi connectivity index (χ1n) is 6.57. The molecule has 2 N–H and O–H groups in total. The standard InChI is InChI=1S/C14H16N4O2S/c1-2-5-13-8-14(17-16-13)18-21(19,20)10-12-7-4-3-6-11(12)9-15/h3-4,6-8H,2,5,10H2,1H3,(H2,16,17,18). The number of anilines is 1. The van der Waals surface area contributed by atoms with Crippen LogP contribution in [0.15, 0.2) is 30.3 Å². The molecule has 110 valence electrons. The summed E-state index contributed by atoms with van der Waals surface area (Å²) in [4.78, 5) is 0. The number of aromatic nitrogens is 2. The van der Waals surface area contributed by atoms with Gasteiger partial charge in [-0.15, -0.1) is 0 Å². The van der Waals surface area contributed by atoms with Crippen molar-refractivity contribution in [1.82, 2.24) is 10.2 Å². The van der Waals surface area contributed by atoms with E-state index in [0.29, 0.717) is 11.1 Å². The molecular weight excluding hydrogens is 288 g/mol. The minimum atomic E-state index is -3.61. The predicted molar refractivity (Wildman–Crippen MR) is 80.0 cm³/mol. The number of aromatic amines is 1. The molecule has 6 nitrogen and oxygen atoms in total. The second-order valence-electron chi connectivity index (χ2n) is 4.66. The van der Waals surface area contributed by atoms with Crippen molar-refractivity contribution in [2.24, 2.45) is 0 Å². The number of sulfonamides is 1. The molecule has 1 aromatic heterocycles. The molecule has 0 unspecified atom stereocenters. The molecule has 0 aliphatic carbocycles. The monoisotopic (exact) mass is 304 g/mol. The third kappa shape index (κ3) is 4.07. The largest absolute Gasteiger partial charge is 0.280 e. The van der Waals surface area contributed by atoms with Crippen molar-refractivity contribution in [2.75, 3.05) is 4.72 Å². The molecule has 0 aliphatic heterocycles. The minimum absolute atomic E-state index is 0.257. The van der Waals surface area contributed by atoms with Crippen LogP contribution < -0.4 is 4.72 Å². The van der Waals surface area contributed by atoms with Crippen LogP contribution in [0.25, 0.3) is 0 Å². The zero-order valence-corrected chi connectivity index (χ0v) is 12.4. The number of rotatable bonds is 6. The summed E-state index contributed by atoms with van der Waals surface area (Å²) in [5.74, 6) is 0.0140. The van der Waals surface area contributed by atoms with Gasteiger partial charge in [0.05, 0.1) is 17.4 Å². The predicted octanol–water partition coefficient (Wildman–Crippen LogP) is 2.18. The molecular formula is C14H16N4O2S. The van der Waals surface area contributed by atoms with E-state index in [1.807, 2.05) is 13.0 Å². The Morgan fingerprint density at radius 1 is 1.38 bits per heavy atom. The summed E-state index contributed by atoms with van der Waals surface area (Å²) >= 11 is 0. The number of nitriles is 1. The Bertz CT molecular complexity index is 759. The van der Waals surface area contributed by atoms with Crippen molar-refractivity contribution < 1.29 is 8.42 Å². The van der Waals surface area contributed by atoms with Crippen molar-refractivity contribution in [3.63, 3.8) is 0 Å². The lowest BCUT2D eigenvalue weighted by Gasteiger charge is -2.06. The van der Waals surface area contributed by atoms with Gasteiger partial charge in [0.1, 0.15) is 0 Å². The average Bonchev–Trinajstić information content (AvgIpc) is 2.86. The average molecular weight is 304 g/mol. The zero-order valence-electron chi connectivity index (χ0n) is 11.6. The van der Waals surface area contributed by atoms with Crippen LogP contribution in [-0.4, -0.2) is 18.6 Å². The molecule has 1 heterocycles. The summed E-state index contributed by atoms with van der Waals surface area (Å²) in [6.45, 7) is 2.03. The fraction of sp³-hybridized carbons (Fsp3) is 0.286.